The largest absolute Gasteiger partial charge is 0.497 e. The smallest absolute Gasteiger partial charge is 0.317 e. The number of aryl methyl sites for hydroxylation is 1. The van der Waals surface area contributed by atoms with Crippen LogP contribution in [0.2, 0.25) is 0 Å². The quantitative estimate of drug-likeness (QED) is 0.0371. The third kappa shape index (κ3) is 42.7. The van der Waals surface area contributed by atoms with Gasteiger partial charge in [0.2, 0.25) is 0 Å². The summed E-state index contributed by atoms with van der Waals surface area (Å²) in [6.45, 7) is 10.2. The number of carbonyl (C=O) groups is 7. The molecule has 0 fully saturated rings. The highest BCUT2D eigenvalue weighted by Crippen LogP contribution is 2.25. The lowest BCUT2D eigenvalue weighted by Crippen LogP contribution is -2.24. The first-order chi connectivity index (χ1) is 37.6. The van der Waals surface area contributed by atoms with Crippen molar-refractivity contribution in [2.24, 2.45) is 0 Å². The molecule has 5 rings (SSSR count). The minimum Gasteiger partial charge on any atom is -0.497 e. The number of ether oxygens (including phenoxy) is 7. The Morgan fingerprint density at radius 1 is 0.443 bits per heavy atom. The van der Waals surface area contributed by atoms with Gasteiger partial charge >= 0.3 is 23.9 Å². The van der Waals surface area contributed by atoms with Gasteiger partial charge in [-0.05, 0) is 70.0 Å². The van der Waals surface area contributed by atoms with E-state index in [0.29, 0.717) is 57.6 Å². The molecule has 0 aliphatic rings. The molecule has 0 bridgehead atoms. The normalized spacial score (nSPS) is 9.43. The van der Waals surface area contributed by atoms with Gasteiger partial charge < -0.3 is 33.2 Å². The molecule has 0 heterocycles. The number of alkyl halides is 8. The first-order valence-electron chi connectivity index (χ1n) is 23.3. The molecule has 0 amide bonds. The molecule has 5 aromatic carbocycles. The number of esters is 4. The van der Waals surface area contributed by atoms with Crippen LogP contribution in [0.25, 0.3) is 0 Å². The van der Waals surface area contributed by atoms with Crippen molar-refractivity contribution in [2.45, 2.75) is 52.2 Å². The van der Waals surface area contributed by atoms with E-state index in [4.69, 9.17) is 23.7 Å². The van der Waals surface area contributed by atoms with Crippen molar-refractivity contribution in [1.29, 1.82) is 0 Å². The van der Waals surface area contributed by atoms with Crippen LogP contribution in [0, 0.1) is 6.92 Å². The molecule has 14 nitrogen and oxygen atoms in total. The van der Waals surface area contributed by atoms with Crippen LogP contribution in [0.4, 0.5) is 0 Å². The molecule has 0 saturated carbocycles. The SMILES string of the molecule is CC(C)(C)OC(=O)CBr.CCOC(=O)CBr.COC(=O)CBr.COc1ccc(C(=O)CBr)c(OC)c1.COc1ccccc1C(=O)CBr.Cc1ccc(CBr)cc1.O=C(CBr)OCc1ccccc1.O=C(CBr)c1ccccc1. The average Bonchev–Trinajstić information content (AvgIpc) is 3.48. The second-order valence-corrected chi connectivity index (χ2v) is 20.1. The van der Waals surface area contributed by atoms with Crippen molar-refractivity contribution in [2.75, 3.05) is 72.4 Å². The number of halogens is 8. The zero-order chi connectivity index (χ0) is 60.6. The number of carbonyl (C=O) groups excluding carboxylic acids is 7. The lowest BCUT2D eigenvalue weighted by molar-refractivity contribution is -0.151. The number of para-hydroxylation sites is 1. The molecule has 22 heteroatoms. The zero-order valence-corrected chi connectivity index (χ0v) is 58.1. The van der Waals surface area contributed by atoms with Crippen molar-refractivity contribution < 1.29 is 66.7 Å². The van der Waals surface area contributed by atoms with Crippen LogP contribution in [-0.4, -0.2) is 119 Å². The highest BCUT2D eigenvalue weighted by Gasteiger charge is 2.15. The molecule has 0 unspecified atom stereocenters. The summed E-state index contributed by atoms with van der Waals surface area (Å²) in [5.74, 6) is 1.08. The zero-order valence-electron chi connectivity index (χ0n) is 45.4. The minimum atomic E-state index is -0.356. The maximum absolute atomic E-state index is 11.4. The Bertz CT molecular complexity index is 2450. The van der Waals surface area contributed by atoms with Crippen molar-refractivity contribution in [3.8, 4) is 17.2 Å². The second-order valence-electron chi connectivity index (χ2n) is 15.6. The molecule has 0 N–H and O–H groups in total. The van der Waals surface area contributed by atoms with Crippen LogP contribution in [0.3, 0.4) is 0 Å². The number of ketones is 3. The van der Waals surface area contributed by atoms with Crippen LogP contribution >= 0.6 is 127 Å². The highest BCUT2D eigenvalue weighted by atomic mass is 79.9. The van der Waals surface area contributed by atoms with Gasteiger partial charge in [0.15, 0.2) is 17.3 Å². The minimum absolute atomic E-state index is 0.00972. The molecular weight excluding hydrogens is 1550 g/mol. The van der Waals surface area contributed by atoms with Crippen molar-refractivity contribution >= 4 is 169 Å². The molecular formula is C57H68Br8O14. The van der Waals surface area contributed by atoms with Gasteiger partial charge in [0, 0.05) is 17.0 Å². The van der Waals surface area contributed by atoms with E-state index in [1.165, 1.54) is 25.3 Å². The van der Waals surface area contributed by atoms with Gasteiger partial charge in [0.05, 0.1) is 62.2 Å². The number of methoxy groups -OCH3 is 4. The molecule has 79 heavy (non-hydrogen) atoms. The van der Waals surface area contributed by atoms with Gasteiger partial charge in [-0.2, -0.15) is 0 Å². The van der Waals surface area contributed by atoms with Gasteiger partial charge in [-0.3, -0.25) is 33.6 Å². The fourth-order valence-corrected chi connectivity index (χ4v) is 6.79. The first-order valence-corrected chi connectivity index (χ1v) is 32.2. The number of hydrogen-bond donors (Lipinski definition) is 0. The summed E-state index contributed by atoms with van der Waals surface area (Å²) < 4.78 is 33.6. The van der Waals surface area contributed by atoms with Crippen LogP contribution in [0.5, 0.6) is 17.2 Å². The maximum atomic E-state index is 11.4. The van der Waals surface area contributed by atoms with E-state index >= 15 is 0 Å². The van der Waals surface area contributed by atoms with Crippen LogP contribution < -0.4 is 14.2 Å². The fourth-order valence-electron chi connectivity index (χ4n) is 4.83. The second kappa shape index (κ2) is 51.1. The Labute approximate surface area is 532 Å². The van der Waals surface area contributed by atoms with Crippen LogP contribution in [-0.2, 0) is 50.1 Å². The Morgan fingerprint density at radius 2 is 0.899 bits per heavy atom. The highest BCUT2D eigenvalue weighted by molar-refractivity contribution is 9.10. The van der Waals surface area contributed by atoms with Crippen molar-refractivity contribution in [1.82, 2.24) is 0 Å². The van der Waals surface area contributed by atoms with Gasteiger partial charge in [-0.15, -0.1) is 0 Å². The summed E-state index contributed by atoms with van der Waals surface area (Å²) in [4.78, 5) is 75.0. The molecule has 0 radical (unpaired) electrons. The number of rotatable bonds is 17. The summed E-state index contributed by atoms with van der Waals surface area (Å²) in [5, 5.41) is 3.06. The van der Waals surface area contributed by atoms with E-state index in [1.54, 1.807) is 51.5 Å². The molecule has 0 aromatic heterocycles. The lowest BCUT2D eigenvalue weighted by atomic mass is 10.1. The van der Waals surface area contributed by atoms with Gasteiger partial charge in [-0.25, -0.2) is 0 Å². The molecule has 0 aliphatic heterocycles. The predicted molar refractivity (Wildman–Crippen MR) is 343 cm³/mol. The standard InChI is InChI=1S/C10H11BrO3.2C9H9BrO2.C8H7BrO.C8H9Br.C6H11BrO2.C4H7BrO2.C3H5BrO2/c1-13-7-3-4-8(9(12)6-11)10(5-7)14-2;1-12-9-5-3-2-4-7(9)8(11)6-10;10-6-9(11)12-7-8-4-2-1-3-5-8;9-6-8(10)7-4-2-1-3-5-7;1-7-2-4-8(6-9)5-3-7;1-6(2,3)9-5(8)4-7;1-2-7-4(6)3-5;1-6-3(5)2-4/h3-5H,6H2,1-2H3;2-5H,6H2,1H3;1-5H,6-7H2;1-5H,6H2;2-5H,6H2,1H3;4H2,1-3H3;2-3H2,1H3;2H2,1H3. The van der Waals surface area contributed by atoms with Crippen LogP contribution in [0.1, 0.15) is 75.5 Å². The van der Waals surface area contributed by atoms with E-state index in [1.807, 2.05) is 93.6 Å². The molecule has 0 saturated heterocycles. The third-order valence-corrected chi connectivity index (χ3v) is 12.5. The maximum Gasteiger partial charge on any atom is 0.317 e. The number of hydrogen-bond acceptors (Lipinski definition) is 14. The Balaban J connectivity index is -0.000000846. The molecule has 0 spiro atoms. The van der Waals surface area contributed by atoms with Gasteiger partial charge in [0.25, 0.3) is 0 Å². The number of Topliss-reactive ketones (excluding diaryl/α,β-unsaturated/α-hetero) is 3. The third-order valence-electron chi connectivity index (χ3n) is 8.48. The lowest BCUT2D eigenvalue weighted by Gasteiger charge is -2.18. The fraction of sp³-hybridized carbons (Fsp3) is 0.351. The molecule has 0 atom stereocenters. The summed E-state index contributed by atoms with van der Waals surface area (Å²) in [6.07, 6.45) is 0. The molecule has 436 valence electrons. The van der Waals surface area contributed by atoms with E-state index < -0.39 is 0 Å². The predicted octanol–water partition coefficient (Wildman–Crippen LogP) is 15.1. The van der Waals surface area contributed by atoms with E-state index in [2.05, 4.69) is 168 Å². The summed E-state index contributed by atoms with van der Waals surface area (Å²) >= 11 is 24.6. The van der Waals surface area contributed by atoms with Crippen LogP contribution in [0.15, 0.2) is 127 Å². The van der Waals surface area contributed by atoms with Gasteiger partial charge in [-0.1, -0.05) is 230 Å². The number of benzene rings is 5. The molecule has 5 aromatic rings. The Hall–Kier alpha value is -3.77. The Morgan fingerprint density at radius 3 is 1.28 bits per heavy atom. The summed E-state index contributed by atoms with van der Waals surface area (Å²) in [6, 6.07) is 39.6. The summed E-state index contributed by atoms with van der Waals surface area (Å²) in [5.41, 5.74) is 5.25. The van der Waals surface area contributed by atoms with Gasteiger partial charge in [0.1, 0.15) is 50.8 Å². The Kier molecular flexibility index (Phi) is 51.4. The van der Waals surface area contributed by atoms with E-state index in [-0.39, 0.29) is 68.1 Å². The average molecular weight is 1620 g/mol. The summed E-state index contributed by atoms with van der Waals surface area (Å²) in [7, 11) is 6.00. The van der Waals surface area contributed by atoms with Crippen molar-refractivity contribution in [3.63, 3.8) is 0 Å². The molecule has 0 aliphatic carbocycles. The monoisotopic (exact) mass is 1610 g/mol. The first kappa shape index (κ1) is 79.5. The van der Waals surface area contributed by atoms with E-state index in [0.717, 1.165) is 16.5 Å². The van der Waals surface area contributed by atoms with E-state index in [9.17, 15) is 33.6 Å². The van der Waals surface area contributed by atoms with Crippen molar-refractivity contribution in [3.05, 3.63) is 161 Å². The topological polar surface area (TPSA) is 184 Å².